The molecule has 1 aliphatic rings. The van der Waals surface area contributed by atoms with Crippen LogP contribution in [0.15, 0.2) is 22.5 Å². The summed E-state index contributed by atoms with van der Waals surface area (Å²) in [4.78, 5) is 25.9. The maximum atomic E-state index is 12.4. The van der Waals surface area contributed by atoms with Crippen molar-refractivity contribution in [3.63, 3.8) is 0 Å². The molecule has 1 unspecified atom stereocenters. The lowest BCUT2D eigenvalue weighted by atomic mass is 9.86. The lowest BCUT2D eigenvalue weighted by Gasteiger charge is -2.36. The van der Waals surface area contributed by atoms with Gasteiger partial charge in [-0.25, -0.2) is 9.59 Å². The zero-order valence-corrected chi connectivity index (χ0v) is 15.2. The van der Waals surface area contributed by atoms with Crippen molar-refractivity contribution < 1.29 is 24.2 Å². The number of aliphatic carboxylic acids is 1. The van der Waals surface area contributed by atoms with E-state index < -0.39 is 17.9 Å². The van der Waals surface area contributed by atoms with Crippen LogP contribution in [0.1, 0.15) is 20.8 Å². The van der Waals surface area contributed by atoms with Crippen LogP contribution in [0.2, 0.25) is 0 Å². The van der Waals surface area contributed by atoms with Crippen molar-refractivity contribution in [2.45, 2.75) is 20.8 Å². The molecule has 1 aliphatic heterocycles. The lowest BCUT2D eigenvalue weighted by Crippen LogP contribution is -2.36. The molecular weight excluding hydrogens is 318 g/mol. The quantitative estimate of drug-likeness (QED) is 0.534. The van der Waals surface area contributed by atoms with Crippen LogP contribution in [-0.2, 0) is 19.1 Å². The monoisotopic (exact) mass is 343 g/mol. The van der Waals surface area contributed by atoms with E-state index in [0.717, 1.165) is 11.4 Å². The SMILES string of the molecule is COCCOC(=O)C1=C(C)N(CCSC)C(C)=C(C(=O)O)C1C. The minimum atomic E-state index is -1.00. The molecule has 0 spiro atoms. The van der Waals surface area contributed by atoms with Crippen LogP contribution in [0.3, 0.4) is 0 Å². The highest BCUT2D eigenvalue weighted by atomic mass is 32.2. The van der Waals surface area contributed by atoms with Crippen molar-refractivity contribution in [2.75, 3.05) is 38.9 Å². The fourth-order valence-electron chi connectivity index (χ4n) is 2.79. The minimum absolute atomic E-state index is 0.148. The van der Waals surface area contributed by atoms with Gasteiger partial charge < -0.3 is 19.5 Å². The van der Waals surface area contributed by atoms with Crippen LogP contribution in [0.5, 0.6) is 0 Å². The Labute approximate surface area is 141 Å². The summed E-state index contributed by atoms with van der Waals surface area (Å²) in [5.41, 5.74) is 2.10. The summed E-state index contributed by atoms with van der Waals surface area (Å²) in [6.45, 7) is 6.47. The van der Waals surface area contributed by atoms with E-state index in [1.807, 2.05) is 18.1 Å². The largest absolute Gasteiger partial charge is 0.478 e. The van der Waals surface area contributed by atoms with Gasteiger partial charge in [-0.05, 0) is 20.1 Å². The number of methoxy groups -OCH3 is 1. The van der Waals surface area contributed by atoms with Crippen molar-refractivity contribution in [2.24, 2.45) is 5.92 Å². The molecule has 0 radical (unpaired) electrons. The standard InChI is InChI=1S/C16H25NO5S/c1-10-13(15(18)19)11(2)17(6-9-23-5)12(3)14(10)16(20)22-8-7-21-4/h10H,6-9H2,1-5H3,(H,18,19). The number of carboxylic acids is 1. The molecule has 0 fully saturated rings. The summed E-state index contributed by atoms with van der Waals surface area (Å²) in [7, 11) is 1.53. The first-order chi connectivity index (χ1) is 10.9. The predicted octanol–water partition coefficient (Wildman–Crippen LogP) is 2.12. The van der Waals surface area contributed by atoms with Crippen molar-refractivity contribution in [3.05, 3.63) is 22.5 Å². The molecule has 1 heterocycles. The van der Waals surface area contributed by atoms with Gasteiger partial charge in [0.15, 0.2) is 0 Å². The summed E-state index contributed by atoms with van der Waals surface area (Å²) in [5, 5.41) is 9.54. The summed E-state index contributed by atoms with van der Waals surface area (Å²) in [6.07, 6.45) is 1.99. The first kappa shape index (κ1) is 19.6. The normalized spacial score (nSPS) is 18.5. The molecule has 0 aromatic heterocycles. The molecular formula is C16H25NO5S. The molecule has 1 rings (SSSR count). The Kier molecular flexibility index (Phi) is 7.64. The fraction of sp³-hybridized carbons (Fsp3) is 0.625. The van der Waals surface area contributed by atoms with Gasteiger partial charge in [0, 0.05) is 36.7 Å². The number of carboxylic acid groups (broad SMARTS) is 1. The average Bonchev–Trinajstić information content (AvgIpc) is 2.47. The van der Waals surface area contributed by atoms with Crippen molar-refractivity contribution >= 4 is 23.7 Å². The number of carbonyl (C=O) groups is 2. The third kappa shape index (κ3) is 4.51. The van der Waals surface area contributed by atoms with E-state index in [1.165, 1.54) is 7.11 Å². The molecule has 0 aliphatic carbocycles. The molecule has 0 aromatic rings. The van der Waals surface area contributed by atoms with E-state index >= 15 is 0 Å². The predicted molar refractivity (Wildman–Crippen MR) is 90.1 cm³/mol. The summed E-state index contributed by atoms with van der Waals surface area (Å²) in [6, 6.07) is 0. The third-order valence-electron chi connectivity index (χ3n) is 3.95. The van der Waals surface area contributed by atoms with E-state index in [2.05, 4.69) is 0 Å². The zero-order valence-electron chi connectivity index (χ0n) is 14.3. The first-order valence-electron chi connectivity index (χ1n) is 7.44. The number of carbonyl (C=O) groups excluding carboxylic acids is 1. The average molecular weight is 343 g/mol. The Bertz CT molecular complexity index is 527. The maximum absolute atomic E-state index is 12.4. The molecule has 7 heteroatoms. The third-order valence-corrected chi connectivity index (χ3v) is 4.54. The van der Waals surface area contributed by atoms with Gasteiger partial charge in [-0.15, -0.1) is 0 Å². The Balaban J connectivity index is 3.16. The van der Waals surface area contributed by atoms with Gasteiger partial charge in [0.1, 0.15) is 6.61 Å². The highest BCUT2D eigenvalue weighted by Crippen LogP contribution is 2.35. The Morgan fingerprint density at radius 3 is 2.35 bits per heavy atom. The molecule has 0 saturated heterocycles. The second-order valence-electron chi connectivity index (χ2n) is 5.30. The Hall–Kier alpha value is -1.47. The fourth-order valence-corrected chi connectivity index (χ4v) is 3.16. The van der Waals surface area contributed by atoms with Crippen molar-refractivity contribution in [3.8, 4) is 0 Å². The van der Waals surface area contributed by atoms with Crippen LogP contribution in [-0.4, -0.2) is 60.8 Å². The smallest absolute Gasteiger partial charge is 0.336 e. The van der Waals surface area contributed by atoms with E-state index in [9.17, 15) is 14.7 Å². The number of ether oxygens (including phenoxy) is 2. The minimum Gasteiger partial charge on any atom is -0.478 e. The van der Waals surface area contributed by atoms with Gasteiger partial charge in [-0.3, -0.25) is 0 Å². The summed E-state index contributed by atoms with van der Waals surface area (Å²) in [5.74, 6) is -1.15. The molecule has 1 N–H and O–H groups in total. The first-order valence-corrected chi connectivity index (χ1v) is 8.83. The second-order valence-corrected chi connectivity index (χ2v) is 6.28. The van der Waals surface area contributed by atoms with Crippen LogP contribution < -0.4 is 0 Å². The Morgan fingerprint density at radius 2 is 1.83 bits per heavy atom. The van der Waals surface area contributed by atoms with Gasteiger partial charge in [0.05, 0.1) is 17.8 Å². The topological polar surface area (TPSA) is 76.1 Å². The van der Waals surface area contributed by atoms with Crippen LogP contribution >= 0.6 is 11.8 Å². The molecule has 23 heavy (non-hydrogen) atoms. The number of hydrogen-bond donors (Lipinski definition) is 1. The molecule has 1 atom stereocenters. The number of rotatable bonds is 8. The number of thioether (sulfide) groups is 1. The van der Waals surface area contributed by atoms with Gasteiger partial charge in [-0.2, -0.15) is 11.8 Å². The molecule has 0 saturated carbocycles. The molecule has 0 amide bonds. The van der Waals surface area contributed by atoms with Crippen molar-refractivity contribution in [1.82, 2.24) is 4.90 Å². The number of allylic oxidation sites excluding steroid dienone is 2. The summed E-state index contributed by atoms with van der Waals surface area (Å²) >= 11 is 1.67. The van der Waals surface area contributed by atoms with E-state index in [1.54, 1.807) is 25.6 Å². The van der Waals surface area contributed by atoms with E-state index in [-0.39, 0.29) is 12.2 Å². The lowest BCUT2D eigenvalue weighted by molar-refractivity contribution is -0.141. The van der Waals surface area contributed by atoms with Crippen LogP contribution in [0, 0.1) is 5.92 Å². The molecule has 6 nitrogen and oxygen atoms in total. The second kappa shape index (κ2) is 8.98. The van der Waals surface area contributed by atoms with E-state index in [0.29, 0.717) is 24.4 Å². The van der Waals surface area contributed by atoms with Gasteiger partial charge in [-0.1, -0.05) is 6.92 Å². The van der Waals surface area contributed by atoms with Gasteiger partial charge in [0.25, 0.3) is 0 Å². The number of nitrogens with zero attached hydrogens (tertiary/aromatic N) is 1. The maximum Gasteiger partial charge on any atom is 0.336 e. The molecule has 0 aromatic carbocycles. The highest BCUT2D eigenvalue weighted by molar-refractivity contribution is 7.98. The van der Waals surface area contributed by atoms with E-state index in [4.69, 9.17) is 9.47 Å². The van der Waals surface area contributed by atoms with Crippen molar-refractivity contribution in [1.29, 1.82) is 0 Å². The van der Waals surface area contributed by atoms with Gasteiger partial charge in [0.2, 0.25) is 0 Å². The number of hydrogen-bond acceptors (Lipinski definition) is 6. The van der Waals surface area contributed by atoms with Crippen LogP contribution in [0.4, 0.5) is 0 Å². The van der Waals surface area contributed by atoms with Gasteiger partial charge >= 0.3 is 11.9 Å². The number of esters is 1. The summed E-state index contributed by atoms with van der Waals surface area (Å²) < 4.78 is 10.1. The van der Waals surface area contributed by atoms with Crippen LogP contribution in [0.25, 0.3) is 0 Å². The molecule has 130 valence electrons. The Morgan fingerprint density at radius 1 is 1.22 bits per heavy atom. The highest BCUT2D eigenvalue weighted by Gasteiger charge is 2.36. The molecule has 0 bridgehead atoms. The zero-order chi connectivity index (χ0) is 17.6.